The summed E-state index contributed by atoms with van der Waals surface area (Å²) in [5.41, 5.74) is 1.34. The van der Waals surface area contributed by atoms with Crippen LogP contribution in [0.3, 0.4) is 0 Å². The van der Waals surface area contributed by atoms with Crippen LogP contribution in [-0.4, -0.2) is 55.1 Å². The van der Waals surface area contributed by atoms with Gasteiger partial charge in [0.2, 0.25) is 0 Å². The number of ether oxygens (including phenoxy) is 2. The number of esters is 1. The van der Waals surface area contributed by atoms with Crippen LogP contribution in [0.2, 0.25) is 0 Å². The van der Waals surface area contributed by atoms with Gasteiger partial charge in [-0.3, -0.25) is 9.69 Å². The van der Waals surface area contributed by atoms with Gasteiger partial charge in [-0.2, -0.15) is 0 Å². The highest BCUT2D eigenvalue weighted by Gasteiger charge is 2.28. The van der Waals surface area contributed by atoms with E-state index in [1.807, 2.05) is 17.8 Å². The lowest BCUT2D eigenvalue weighted by molar-refractivity contribution is -0.150. The van der Waals surface area contributed by atoms with Gasteiger partial charge in [-0.25, -0.2) is 0 Å². The van der Waals surface area contributed by atoms with Gasteiger partial charge in [0.1, 0.15) is 6.10 Å². The lowest BCUT2D eigenvalue weighted by Crippen LogP contribution is -2.38. The van der Waals surface area contributed by atoms with Crippen molar-refractivity contribution in [1.29, 1.82) is 0 Å². The fraction of sp³-hybridized carbons (Fsp3) is 0.650. The lowest BCUT2D eigenvalue weighted by Gasteiger charge is -2.31. The molecule has 0 amide bonds. The number of carbonyl (C=O) groups is 1. The normalized spacial score (nSPS) is 24.8. The zero-order valence-corrected chi connectivity index (χ0v) is 15.7. The molecular formula is C20H29NO3S. The minimum Gasteiger partial charge on any atom is -0.461 e. The number of hydrogen-bond donors (Lipinski definition) is 0. The lowest BCUT2D eigenvalue weighted by atomic mass is 9.97. The minimum atomic E-state index is -0.0382. The Morgan fingerprint density at radius 2 is 1.92 bits per heavy atom. The third-order valence-corrected chi connectivity index (χ3v) is 6.43. The maximum absolute atomic E-state index is 12.3. The summed E-state index contributed by atoms with van der Waals surface area (Å²) in [6, 6.07) is 10.5. The van der Waals surface area contributed by atoms with Crippen molar-refractivity contribution in [2.45, 2.75) is 49.2 Å². The Hall–Kier alpha value is -1.04. The van der Waals surface area contributed by atoms with E-state index in [4.69, 9.17) is 9.47 Å². The van der Waals surface area contributed by atoms with Gasteiger partial charge in [0.15, 0.2) is 0 Å². The molecule has 0 aromatic heterocycles. The molecule has 1 aromatic rings. The summed E-state index contributed by atoms with van der Waals surface area (Å²) in [6.07, 6.45) is 5.15. The summed E-state index contributed by atoms with van der Waals surface area (Å²) >= 11 is 1.94. The van der Waals surface area contributed by atoms with E-state index in [0.717, 1.165) is 51.4 Å². The molecule has 0 unspecified atom stereocenters. The van der Waals surface area contributed by atoms with Gasteiger partial charge in [0, 0.05) is 30.6 Å². The zero-order valence-electron chi connectivity index (χ0n) is 14.9. The number of benzene rings is 1. The summed E-state index contributed by atoms with van der Waals surface area (Å²) in [4.78, 5) is 14.6. The Kier molecular flexibility index (Phi) is 7.64. The largest absolute Gasteiger partial charge is 0.461 e. The number of thioether (sulfide) groups is 1. The molecule has 2 aliphatic rings. The predicted octanol–water partition coefficient (Wildman–Crippen LogP) is 3.50. The molecule has 2 atom stereocenters. The van der Waals surface area contributed by atoms with Gasteiger partial charge in [0.05, 0.1) is 19.6 Å². The first-order chi connectivity index (χ1) is 12.3. The molecule has 0 bridgehead atoms. The molecule has 25 heavy (non-hydrogen) atoms. The van der Waals surface area contributed by atoms with Gasteiger partial charge in [-0.15, -0.1) is 11.8 Å². The van der Waals surface area contributed by atoms with E-state index in [1.165, 1.54) is 18.4 Å². The van der Waals surface area contributed by atoms with Crippen molar-refractivity contribution >= 4 is 17.7 Å². The first kappa shape index (κ1) is 18.7. The number of nitrogens with zero attached hydrogens (tertiary/aromatic N) is 1. The van der Waals surface area contributed by atoms with Gasteiger partial charge in [-0.1, -0.05) is 36.8 Å². The van der Waals surface area contributed by atoms with E-state index in [1.54, 1.807) is 0 Å². The first-order valence-electron chi connectivity index (χ1n) is 9.46. The van der Waals surface area contributed by atoms with E-state index in [-0.39, 0.29) is 12.1 Å². The first-order valence-corrected chi connectivity index (χ1v) is 10.5. The Labute approximate surface area is 155 Å². The number of morpholine rings is 1. The molecule has 1 saturated carbocycles. The zero-order chi connectivity index (χ0) is 17.3. The second-order valence-corrected chi connectivity index (χ2v) is 8.08. The molecule has 1 saturated heterocycles. The molecule has 3 rings (SSSR count). The summed E-state index contributed by atoms with van der Waals surface area (Å²) in [7, 11) is 0. The van der Waals surface area contributed by atoms with Crippen molar-refractivity contribution in [3.8, 4) is 0 Å². The van der Waals surface area contributed by atoms with E-state index in [0.29, 0.717) is 11.7 Å². The van der Waals surface area contributed by atoms with E-state index < -0.39 is 0 Å². The van der Waals surface area contributed by atoms with Crippen LogP contribution in [0.15, 0.2) is 30.3 Å². The highest BCUT2D eigenvalue weighted by molar-refractivity contribution is 7.99. The van der Waals surface area contributed by atoms with Crippen molar-refractivity contribution in [3.63, 3.8) is 0 Å². The number of hydrogen-bond acceptors (Lipinski definition) is 5. The molecule has 138 valence electrons. The Morgan fingerprint density at radius 3 is 2.72 bits per heavy atom. The van der Waals surface area contributed by atoms with E-state index >= 15 is 0 Å². The third-order valence-electron chi connectivity index (χ3n) is 4.97. The minimum absolute atomic E-state index is 0.0382. The Bertz CT molecular complexity index is 519. The quantitative estimate of drug-likeness (QED) is 0.693. The van der Waals surface area contributed by atoms with Crippen molar-refractivity contribution in [2.24, 2.45) is 0 Å². The van der Waals surface area contributed by atoms with E-state index in [2.05, 4.69) is 29.2 Å². The van der Waals surface area contributed by atoms with Gasteiger partial charge in [-0.05, 0) is 24.8 Å². The van der Waals surface area contributed by atoms with Gasteiger partial charge in [0.25, 0.3) is 0 Å². The smallest absolute Gasteiger partial charge is 0.307 e. The van der Waals surface area contributed by atoms with Crippen LogP contribution >= 0.6 is 11.8 Å². The van der Waals surface area contributed by atoms with Gasteiger partial charge < -0.3 is 9.47 Å². The standard InChI is InChI=1S/C20H29NO3S/c22-20(10-11-21-12-14-23-15-13-21)24-18-8-4-5-9-19(18)25-16-17-6-2-1-3-7-17/h1-3,6-7,18-19H,4-5,8-16H2/t18-,19-/m1/s1. The predicted molar refractivity (Wildman–Crippen MR) is 102 cm³/mol. The van der Waals surface area contributed by atoms with Crippen LogP contribution in [0, 0.1) is 0 Å². The van der Waals surface area contributed by atoms with Crippen LogP contribution < -0.4 is 0 Å². The number of rotatable bonds is 7. The van der Waals surface area contributed by atoms with Crippen LogP contribution in [-0.2, 0) is 20.0 Å². The van der Waals surface area contributed by atoms with Crippen LogP contribution in [0.4, 0.5) is 0 Å². The van der Waals surface area contributed by atoms with Crippen LogP contribution in [0.5, 0.6) is 0 Å². The summed E-state index contributed by atoms with van der Waals surface area (Å²) in [6.45, 7) is 4.18. The van der Waals surface area contributed by atoms with E-state index in [9.17, 15) is 4.79 Å². The topological polar surface area (TPSA) is 38.8 Å². The second kappa shape index (κ2) is 10.2. The molecule has 1 aromatic carbocycles. The summed E-state index contributed by atoms with van der Waals surface area (Å²) in [5, 5.41) is 0.432. The fourth-order valence-electron chi connectivity index (χ4n) is 3.47. The van der Waals surface area contributed by atoms with Gasteiger partial charge >= 0.3 is 5.97 Å². The highest BCUT2D eigenvalue weighted by atomic mass is 32.2. The van der Waals surface area contributed by atoms with Crippen LogP contribution in [0.1, 0.15) is 37.7 Å². The molecule has 1 aliphatic carbocycles. The van der Waals surface area contributed by atoms with Crippen molar-refractivity contribution in [2.75, 3.05) is 32.8 Å². The molecule has 5 heteroatoms. The Morgan fingerprint density at radius 1 is 1.16 bits per heavy atom. The maximum Gasteiger partial charge on any atom is 0.307 e. The van der Waals surface area contributed by atoms with Crippen molar-refractivity contribution in [3.05, 3.63) is 35.9 Å². The summed E-state index contributed by atoms with van der Waals surface area (Å²) < 4.78 is 11.2. The fourth-order valence-corrected chi connectivity index (χ4v) is 4.81. The average molecular weight is 364 g/mol. The SMILES string of the molecule is O=C(CCN1CCOCC1)O[C@@H]1CCCC[C@H]1SCc1ccccc1. The third kappa shape index (κ3) is 6.32. The highest BCUT2D eigenvalue weighted by Crippen LogP contribution is 2.33. The van der Waals surface area contributed by atoms with Crippen LogP contribution in [0.25, 0.3) is 0 Å². The molecule has 4 nitrogen and oxygen atoms in total. The molecule has 0 spiro atoms. The molecule has 2 fully saturated rings. The molecule has 1 aliphatic heterocycles. The monoisotopic (exact) mass is 363 g/mol. The Balaban J connectivity index is 1.42. The summed E-state index contributed by atoms with van der Waals surface area (Å²) in [5.74, 6) is 0.955. The maximum atomic E-state index is 12.3. The van der Waals surface area contributed by atoms with Crippen molar-refractivity contribution in [1.82, 2.24) is 4.90 Å². The second-order valence-electron chi connectivity index (χ2n) is 6.85. The van der Waals surface area contributed by atoms with Crippen molar-refractivity contribution < 1.29 is 14.3 Å². The average Bonchev–Trinajstić information content (AvgIpc) is 2.67. The molecular weight excluding hydrogens is 334 g/mol. The molecule has 0 radical (unpaired) electrons. The molecule has 0 N–H and O–H groups in total. The molecule has 1 heterocycles. The number of carbonyl (C=O) groups excluding carboxylic acids is 1.